The molecule has 0 saturated carbocycles. The Kier molecular flexibility index (Phi) is 4.17. The van der Waals surface area contributed by atoms with Crippen LogP contribution in [-0.4, -0.2) is 21.2 Å². The minimum Gasteiger partial charge on any atom is -0.490 e. The molecule has 2 N–H and O–H groups in total. The predicted molar refractivity (Wildman–Crippen MR) is 53.9 cm³/mol. The molecule has 0 aliphatic carbocycles. The van der Waals surface area contributed by atoms with Crippen LogP contribution in [0.4, 0.5) is 17.6 Å². The van der Waals surface area contributed by atoms with Crippen molar-refractivity contribution in [2.75, 3.05) is 6.61 Å². The van der Waals surface area contributed by atoms with Crippen LogP contribution in [0.2, 0.25) is 0 Å². The van der Waals surface area contributed by atoms with Crippen LogP contribution in [0, 0.1) is 5.82 Å². The Hall–Kier alpha value is -1.35. The first kappa shape index (κ1) is 14.7. The summed E-state index contributed by atoms with van der Waals surface area (Å²) in [5.41, 5.74) is 0. The van der Waals surface area contributed by atoms with E-state index in [0.717, 1.165) is 12.1 Å². The Morgan fingerprint density at radius 3 is 2.33 bits per heavy atom. The fourth-order valence-electron chi connectivity index (χ4n) is 1.05. The molecule has 0 atom stereocenters. The molecule has 9 heteroatoms. The van der Waals surface area contributed by atoms with Crippen molar-refractivity contribution in [1.29, 1.82) is 0 Å². The van der Waals surface area contributed by atoms with Crippen LogP contribution >= 0.6 is 0 Å². The second-order valence-corrected chi connectivity index (χ2v) is 4.91. The van der Waals surface area contributed by atoms with Crippen molar-refractivity contribution in [2.45, 2.75) is 17.5 Å². The fourth-order valence-corrected chi connectivity index (χ4v) is 1.58. The smallest absolute Gasteiger partial charge is 0.392 e. The number of halogens is 4. The van der Waals surface area contributed by atoms with Crippen LogP contribution in [0.3, 0.4) is 0 Å². The zero-order valence-corrected chi connectivity index (χ0v) is 9.68. The van der Waals surface area contributed by atoms with Crippen LogP contribution < -0.4 is 9.88 Å². The van der Waals surface area contributed by atoms with E-state index in [4.69, 9.17) is 5.14 Å². The number of ether oxygens (including phenoxy) is 1. The molecule has 102 valence electrons. The van der Waals surface area contributed by atoms with E-state index in [2.05, 4.69) is 4.74 Å². The van der Waals surface area contributed by atoms with Gasteiger partial charge in [-0.25, -0.2) is 17.9 Å². The van der Waals surface area contributed by atoms with Gasteiger partial charge in [0, 0.05) is 0 Å². The molecule has 0 radical (unpaired) electrons. The molecule has 4 nitrogen and oxygen atoms in total. The minimum absolute atomic E-state index is 0.466. The van der Waals surface area contributed by atoms with Gasteiger partial charge >= 0.3 is 6.18 Å². The topological polar surface area (TPSA) is 69.4 Å². The Morgan fingerprint density at radius 2 is 1.89 bits per heavy atom. The third-order valence-electron chi connectivity index (χ3n) is 1.87. The van der Waals surface area contributed by atoms with Gasteiger partial charge in [0.05, 0.1) is 17.9 Å². The summed E-state index contributed by atoms with van der Waals surface area (Å²) in [6.45, 7) is -0.755. The lowest BCUT2D eigenvalue weighted by atomic mass is 10.3. The molecule has 0 bridgehead atoms. The lowest BCUT2D eigenvalue weighted by Gasteiger charge is -2.09. The molecule has 0 heterocycles. The molecule has 18 heavy (non-hydrogen) atoms. The van der Waals surface area contributed by atoms with E-state index in [1.54, 1.807) is 0 Å². The SMILES string of the molecule is NS(=O)(=O)c1ccc(OCCC(F)(F)F)c(F)c1. The molecule has 0 aromatic heterocycles. The Bertz CT molecular complexity index is 527. The largest absolute Gasteiger partial charge is 0.490 e. The summed E-state index contributed by atoms with van der Waals surface area (Å²) in [4.78, 5) is -0.483. The molecule has 1 rings (SSSR count). The summed E-state index contributed by atoms with van der Waals surface area (Å²) in [6, 6.07) is 2.44. The van der Waals surface area contributed by atoms with Gasteiger partial charge in [-0.3, -0.25) is 0 Å². The van der Waals surface area contributed by atoms with E-state index in [-0.39, 0.29) is 0 Å². The number of primary sulfonamides is 1. The Labute approximate surface area is 100 Å². The molecule has 0 spiro atoms. The monoisotopic (exact) mass is 287 g/mol. The fraction of sp³-hybridized carbons (Fsp3) is 0.333. The number of nitrogens with two attached hydrogens (primary N) is 1. The van der Waals surface area contributed by atoms with Gasteiger partial charge in [0.2, 0.25) is 10.0 Å². The van der Waals surface area contributed by atoms with Gasteiger partial charge < -0.3 is 4.74 Å². The molecule has 0 fully saturated rings. The highest BCUT2D eigenvalue weighted by Crippen LogP contribution is 2.23. The summed E-state index contributed by atoms with van der Waals surface area (Å²) >= 11 is 0. The van der Waals surface area contributed by atoms with Gasteiger partial charge in [-0.2, -0.15) is 13.2 Å². The van der Waals surface area contributed by atoms with Gasteiger partial charge in [-0.15, -0.1) is 0 Å². The van der Waals surface area contributed by atoms with E-state index in [1.807, 2.05) is 0 Å². The highest BCUT2D eigenvalue weighted by Gasteiger charge is 2.27. The molecule has 0 aliphatic heterocycles. The summed E-state index contributed by atoms with van der Waals surface area (Å²) in [6.07, 6.45) is -5.64. The van der Waals surface area contributed by atoms with E-state index < -0.39 is 45.7 Å². The molecule has 0 aliphatic rings. The van der Waals surface area contributed by atoms with Gasteiger partial charge in [0.1, 0.15) is 0 Å². The minimum atomic E-state index is -4.41. The van der Waals surface area contributed by atoms with Crippen LogP contribution in [0.25, 0.3) is 0 Å². The summed E-state index contributed by atoms with van der Waals surface area (Å²) in [5.74, 6) is -1.56. The number of sulfonamides is 1. The number of hydrogen-bond donors (Lipinski definition) is 1. The van der Waals surface area contributed by atoms with E-state index >= 15 is 0 Å². The first-order chi connectivity index (χ1) is 8.09. The molecule has 1 aromatic rings. The number of rotatable bonds is 4. The first-order valence-electron chi connectivity index (χ1n) is 4.61. The third kappa shape index (κ3) is 4.49. The van der Waals surface area contributed by atoms with Crippen molar-refractivity contribution in [2.24, 2.45) is 5.14 Å². The third-order valence-corrected chi connectivity index (χ3v) is 2.79. The Balaban J connectivity index is 2.75. The van der Waals surface area contributed by atoms with E-state index in [9.17, 15) is 26.0 Å². The summed E-state index contributed by atoms with van der Waals surface area (Å²) < 4.78 is 75.0. The quantitative estimate of drug-likeness (QED) is 0.858. The zero-order chi connectivity index (χ0) is 14.0. The molecular weight excluding hydrogens is 278 g/mol. The molecule has 1 aromatic carbocycles. The molecule has 0 amide bonds. The normalized spacial score (nSPS) is 12.5. The highest BCUT2D eigenvalue weighted by molar-refractivity contribution is 7.89. The predicted octanol–water partition coefficient (Wildman–Crippen LogP) is 1.80. The van der Waals surface area contributed by atoms with Crippen LogP contribution in [0.5, 0.6) is 5.75 Å². The molecule has 0 unspecified atom stereocenters. The number of hydrogen-bond acceptors (Lipinski definition) is 3. The van der Waals surface area contributed by atoms with Crippen molar-refractivity contribution >= 4 is 10.0 Å². The zero-order valence-electron chi connectivity index (χ0n) is 8.87. The second-order valence-electron chi connectivity index (χ2n) is 3.35. The van der Waals surface area contributed by atoms with Gasteiger partial charge in [0.15, 0.2) is 11.6 Å². The average molecular weight is 287 g/mol. The summed E-state index contributed by atoms with van der Waals surface area (Å²) in [7, 11) is -4.06. The standard InChI is InChI=1S/C9H9F4NO3S/c10-7-5-6(18(14,15)16)1-2-8(7)17-4-3-9(11,12)13/h1-2,5H,3-4H2,(H2,14,15,16). The van der Waals surface area contributed by atoms with E-state index in [0.29, 0.717) is 6.07 Å². The van der Waals surface area contributed by atoms with Gasteiger partial charge in [-0.1, -0.05) is 0 Å². The van der Waals surface area contributed by atoms with Crippen LogP contribution in [0.1, 0.15) is 6.42 Å². The Morgan fingerprint density at radius 1 is 1.28 bits per heavy atom. The van der Waals surface area contributed by atoms with Crippen LogP contribution in [0.15, 0.2) is 23.1 Å². The summed E-state index contributed by atoms with van der Waals surface area (Å²) in [5, 5.41) is 4.75. The maximum atomic E-state index is 13.3. The maximum Gasteiger partial charge on any atom is 0.392 e. The highest BCUT2D eigenvalue weighted by atomic mass is 32.2. The van der Waals surface area contributed by atoms with Gasteiger partial charge in [0.25, 0.3) is 0 Å². The molecular formula is C9H9F4NO3S. The average Bonchev–Trinajstić information content (AvgIpc) is 2.17. The lowest BCUT2D eigenvalue weighted by Crippen LogP contribution is -2.14. The van der Waals surface area contributed by atoms with Gasteiger partial charge in [-0.05, 0) is 18.2 Å². The number of alkyl halides is 3. The number of benzene rings is 1. The maximum absolute atomic E-state index is 13.3. The first-order valence-corrected chi connectivity index (χ1v) is 6.16. The van der Waals surface area contributed by atoms with Crippen molar-refractivity contribution in [1.82, 2.24) is 0 Å². The lowest BCUT2D eigenvalue weighted by molar-refractivity contribution is -0.139. The van der Waals surface area contributed by atoms with Crippen LogP contribution in [-0.2, 0) is 10.0 Å². The molecule has 0 saturated heterocycles. The van der Waals surface area contributed by atoms with Crippen molar-refractivity contribution in [3.05, 3.63) is 24.0 Å². The van der Waals surface area contributed by atoms with Crippen molar-refractivity contribution < 1.29 is 30.7 Å². The second kappa shape index (κ2) is 5.11. The van der Waals surface area contributed by atoms with Crippen molar-refractivity contribution in [3.8, 4) is 5.75 Å². The van der Waals surface area contributed by atoms with E-state index in [1.165, 1.54) is 0 Å². The van der Waals surface area contributed by atoms with Crippen molar-refractivity contribution in [3.63, 3.8) is 0 Å².